The van der Waals surface area contributed by atoms with E-state index in [9.17, 15) is 4.79 Å². The Kier molecular flexibility index (Phi) is 5.04. The lowest BCUT2D eigenvalue weighted by Crippen LogP contribution is -2.10. The number of amides is 1. The van der Waals surface area contributed by atoms with E-state index in [0.29, 0.717) is 39.0 Å². The van der Waals surface area contributed by atoms with E-state index >= 15 is 0 Å². The number of carbonyl (C=O) groups is 1. The fraction of sp³-hybridized carbons (Fsp3) is 0.0769. The maximum atomic E-state index is 12.7. The first-order chi connectivity index (χ1) is 15.5. The number of aromatic nitrogens is 1. The molecule has 0 aliphatic carbocycles. The van der Waals surface area contributed by atoms with E-state index in [2.05, 4.69) is 17.2 Å². The Bertz CT molecular complexity index is 1470. The predicted octanol–water partition coefficient (Wildman–Crippen LogP) is 7.28. The molecule has 5 aromatic rings. The first-order valence-corrected chi connectivity index (χ1v) is 10.5. The number of oxazole rings is 1. The van der Waals surface area contributed by atoms with Crippen LogP contribution in [-0.2, 0) is 0 Å². The van der Waals surface area contributed by atoms with Gasteiger partial charge in [-0.15, -0.1) is 0 Å². The minimum atomic E-state index is -0.339. The fourth-order valence-corrected chi connectivity index (χ4v) is 3.67. The molecule has 0 aliphatic heterocycles. The Balaban J connectivity index is 1.37. The fourth-order valence-electron chi connectivity index (χ4n) is 3.46. The van der Waals surface area contributed by atoms with Crippen LogP contribution < -0.4 is 5.32 Å². The number of halogens is 1. The molecule has 0 spiro atoms. The number of nitrogens with zero attached hydrogens (tertiary/aromatic N) is 1. The van der Waals surface area contributed by atoms with Crippen LogP contribution in [0.25, 0.3) is 33.9 Å². The van der Waals surface area contributed by atoms with Gasteiger partial charge in [-0.2, -0.15) is 0 Å². The molecule has 5 nitrogen and oxygen atoms in total. The molecular formula is C26H19ClN2O3. The third-order valence-corrected chi connectivity index (χ3v) is 5.70. The van der Waals surface area contributed by atoms with Gasteiger partial charge in [-0.05, 0) is 73.5 Å². The Morgan fingerprint density at radius 2 is 1.75 bits per heavy atom. The molecule has 1 N–H and O–H groups in total. The molecule has 1 amide bonds. The van der Waals surface area contributed by atoms with Gasteiger partial charge in [0, 0.05) is 11.3 Å². The maximum absolute atomic E-state index is 12.7. The number of hydrogen-bond donors (Lipinski definition) is 1. The summed E-state index contributed by atoms with van der Waals surface area (Å²) in [6.45, 7) is 4.11. The molecular weight excluding hydrogens is 424 g/mol. The minimum Gasteiger partial charge on any atom is -0.451 e. The number of anilines is 1. The zero-order valence-corrected chi connectivity index (χ0v) is 18.2. The second-order valence-corrected chi connectivity index (χ2v) is 8.01. The van der Waals surface area contributed by atoms with Crippen molar-refractivity contribution >= 4 is 34.3 Å². The number of benzene rings is 3. The smallest absolute Gasteiger partial charge is 0.291 e. The normalized spacial score (nSPS) is 11.1. The largest absolute Gasteiger partial charge is 0.451 e. The monoisotopic (exact) mass is 442 g/mol. The predicted molar refractivity (Wildman–Crippen MR) is 126 cm³/mol. The molecule has 0 unspecified atom stereocenters. The van der Waals surface area contributed by atoms with Crippen LogP contribution in [0.5, 0.6) is 0 Å². The van der Waals surface area contributed by atoms with Gasteiger partial charge in [0.2, 0.25) is 5.89 Å². The first-order valence-electron chi connectivity index (χ1n) is 10.1. The average Bonchev–Trinajstić information content (AvgIpc) is 3.43. The third-order valence-electron chi connectivity index (χ3n) is 5.37. The summed E-state index contributed by atoms with van der Waals surface area (Å²) in [5.41, 5.74) is 5.83. The van der Waals surface area contributed by atoms with Crippen molar-refractivity contribution in [3.05, 3.63) is 94.7 Å². The van der Waals surface area contributed by atoms with Crippen molar-refractivity contribution < 1.29 is 13.6 Å². The van der Waals surface area contributed by atoms with Crippen molar-refractivity contribution in [2.45, 2.75) is 13.8 Å². The van der Waals surface area contributed by atoms with Crippen LogP contribution in [0.3, 0.4) is 0 Å². The SMILES string of the molecule is Cc1ccc(-c2ccc(C(=O)Nc3ccc4oc(-c5ccccc5Cl)nc4c3)o2)cc1C. The zero-order chi connectivity index (χ0) is 22.2. The number of rotatable bonds is 4. The van der Waals surface area contributed by atoms with Crippen molar-refractivity contribution in [3.63, 3.8) is 0 Å². The number of aryl methyl sites for hydroxylation is 2. The summed E-state index contributed by atoms with van der Waals surface area (Å²) < 4.78 is 11.6. The lowest BCUT2D eigenvalue weighted by atomic mass is 10.1. The van der Waals surface area contributed by atoms with Gasteiger partial charge in [0.05, 0.1) is 10.6 Å². The zero-order valence-electron chi connectivity index (χ0n) is 17.5. The average molecular weight is 443 g/mol. The summed E-state index contributed by atoms with van der Waals surface area (Å²) in [5.74, 6) is 0.970. The summed E-state index contributed by atoms with van der Waals surface area (Å²) >= 11 is 6.25. The number of hydrogen-bond acceptors (Lipinski definition) is 4. The number of nitrogens with one attached hydrogen (secondary N) is 1. The molecule has 0 radical (unpaired) electrons. The molecule has 32 heavy (non-hydrogen) atoms. The van der Waals surface area contributed by atoms with Crippen molar-refractivity contribution in [1.29, 1.82) is 0 Å². The van der Waals surface area contributed by atoms with E-state index in [1.165, 1.54) is 11.1 Å². The molecule has 5 rings (SSSR count). The Morgan fingerprint density at radius 1 is 0.906 bits per heavy atom. The van der Waals surface area contributed by atoms with Crippen LogP contribution in [0, 0.1) is 13.8 Å². The second-order valence-electron chi connectivity index (χ2n) is 7.60. The van der Waals surface area contributed by atoms with Gasteiger partial charge in [0.15, 0.2) is 11.3 Å². The first kappa shape index (κ1) is 20.1. The summed E-state index contributed by atoms with van der Waals surface area (Å²) in [6.07, 6.45) is 0. The second kappa shape index (κ2) is 8.02. The quantitative estimate of drug-likeness (QED) is 0.317. The van der Waals surface area contributed by atoms with Crippen LogP contribution in [-0.4, -0.2) is 10.9 Å². The van der Waals surface area contributed by atoms with E-state index in [4.69, 9.17) is 20.4 Å². The molecule has 158 valence electrons. The third kappa shape index (κ3) is 3.79. The number of furan rings is 1. The lowest BCUT2D eigenvalue weighted by molar-refractivity contribution is 0.0997. The minimum absolute atomic E-state index is 0.232. The van der Waals surface area contributed by atoms with Gasteiger partial charge in [0.25, 0.3) is 5.91 Å². The summed E-state index contributed by atoms with van der Waals surface area (Å²) in [5, 5.41) is 3.42. The number of carbonyl (C=O) groups excluding carboxylic acids is 1. The lowest BCUT2D eigenvalue weighted by Gasteiger charge is -2.04. The Labute approximate surface area is 189 Å². The van der Waals surface area contributed by atoms with Crippen LogP contribution in [0.2, 0.25) is 5.02 Å². The summed E-state index contributed by atoms with van der Waals surface area (Å²) in [6, 6.07) is 22.2. The van der Waals surface area contributed by atoms with E-state index in [1.54, 1.807) is 36.4 Å². The highest BCUT2D eigenvalue weighted by molar-refractivity contribution is 6.33. The van der Waals surface area contributed by atoms with E-state index < -0.39 is 0 Å². The molecule has 6 heteroatoms. The Morgan fingerprint density at radius 3 is 2.56 bits per heavy atom. The number of fused-ring (bicyclic) bond motifs is 1. The molecule has 3 aromatic carbocycles. The maximum Gasteiger partial charge on any atom is 0.291 e. The molecule has 0 atom stereocenters. The molecule has 2 heterocycles. The highest BCUT2D eigenvalue weighted by Gasteiger charge is 2.15. The van der Waals surface area contributed by atoms with Crippen LogP contribution in [0.15, 0.2) is 81.6 Å². The molecule has 0 saturated carbocycles. The van der Waals surface area contributed by atoms with Gasteiger partial charge in [-0.25, -0.2) is 4.98 Å². The topological polar surface area (TPSA) is 68.3 Å². The van der Waals surface area contributed by atoms with Crippen molar-refractivity contribution in [3.8, 4) is 22.8 Å². The molecule has 0 aliphatic rings. The highest BCUT2D eigenvalue weighted by atomic mass is 35.5. The molecule has 0 fully saturated rings. The van der Waals surface area contributed by atoms with E-state index in [-0.39, 0.29) is 11.7 Å². The van der Waals surface area contributed by atoms with Crippen molar-refractivity contribution in [2.24, 2.45) is 0 Å². The Hall–Kier alpha value is -3.83. The summed E-state index contributed by atoms with van der Waals surface area (Å²) in [7, 11) is 0. The van der Waals surface area contributed by atoms with Gasteiger partial charge in [0.1, 0.15) is 11.3 Å². The van der Waals surface area contributed by atoms with Crippen molar-refractivity contribution in [2.75, 3.05) is 5.32 Å². The van der Waals surface area contributed by atoms with Crippen LogP contribution in [0.4, 0.5) is 5.69 Å². The van der Waals surface area contributed by atoms with Crippen LogP contribution in [0.1, 0.15) is 21.7 Å². The van der Waals surface area contributed by atoms with Gasteiger partial charge in [-0.1, -0.05) is 35.9 Å². The van der Waals surface area contributed by atoms with Gasteiger partial charge >= 0.3 is 0 Å². The highest BCUT2D eigenvalue weighted by Crippen LogP contribution is 2.31. The van der Waals surface area contributed by atoms with E-state index in [1.807, 2.05) is 43.3 Å². The van der Waals surface area contributed by atoms with Gasteiger partial charge in [-0.3, -0.25) is 4.79 Å². The summed E-state index contributed by atoms with van der Waals surface area (Å²) in [4.78, 5) is 17.2. The molecule has 2 aromatic heterocycles. The van der Waals surface area contributed by atoms with Crippen LogP contribution >= 0.6 is 11.6 Å². The van der Waals surface area contributed by atoms with Crippen molar-refractivity contribution in [1.82, 2.24) is 4.98 Å². The molecule has 0 saturated heterocycles. The standard InChI is InChI=1S/C26H19ClN2O3/c1-15-7-8-17(13-16(15)2)22-11-12-24(31-22)25(30)28-18-9-10-23-21(14-18)29-26(32-23)19-5-3-4-6-20(19)27/h3-14H,1-2H3,(H,28,30). The van der Waals surface area contributed by atoms with Gasteiger partial charge < -0.3 is 14.2 Å². The molecule has 0 bridgehead atoms. The van der Waals surface area contributed by atoms with E-state index in [0.717, 1.165) is 5.56 Å².